The molecule has 11 nitrogen and oxygen atoms in total. The molecule has 1 saturated heterocycles. The highest BCUT2D eigenvalue weighted by molar-refractivity contribution is 7.89. The van der Waals surface area contributed by atoms with Gasteiger partial charge in [-0.05, 0) is 66.9 Å². The Hall–Kier alpha value is -4.08. The molecule has 2 aliphatic rings. The third-order valence-electron chi connectivity index (χ3n) is 8.74. The zero-order valence-electron chi connectivity index (χ0n) is 24.9. The first-order chi connectivity index (χ1) is 21.3. The Morgan fingerprint density at radius 3 is 2.62 bits per heavy atom. The van der Waals surface area contributed by atoms with Crippen LogP contribution in [0.25, 0.3) is 5.65 Å². The summed E-state index contributed by atoms with van der Waals surface area (Å²) in [5.74, 6) is -2.57. The van der Waals surface area contributed by atoms with E-state index in [4.69, 9.17) is 0 Å². The lowest BCUT2D eigenvalue weighted by Gasteiger charge is -2.40. The number of alkyl halides is 3. The number of likely N-dealkylation sites (N-methyl/N-ethyl adjacent to an activating group) is 1. The van der Waals surface area contributed by atoms with Crippen molar-refractivity contribution in [2.24, 2.45) is 0 Å². The molecule has 0 saturated carbocycles. The Morgan fingerprint density at radius 1 is 1.11 bits per heavy atom. The second-order valence-corrected chi connectivity index (χ2v) is 13.6. The Kier molecular flexibility index (Phi) is 7.82. The van der Waals surface area contributed by atoms with Gasteiger partial charge < -0.3 is 14.9 Å². The van der Waals surface area contributed by atoms with Gasteiger partial charge in [-0.15, -0.1) is 10.2 Å². The summed E-state index contributed by atoms with van der Waals surface area (Å²) in [7, 11) is -1.95. The number of pyridine rings is 2. The van der Waals surface area contributed by atoms with E-state index < -0.39 is 33.9 Å². The van der Waals surface area contributed by atoms with Crippen molar-refractivity contribution < 1.29 is 31.5 Å². The second-order valence-electron chi connectivity index (χ2n) is 11.7. The van der Waals surface area contributed by atoms with Crippen LogP contribution in [0.3, 0.4) is 0 Å². The smallest absolute Gasteiger partial charge is 0.452 e. The molecule has 0 bridgehead atoms. The van der Waals surface area contributed by atoms with E-state index in [1.807, 2.05) is 20.0 Å². The molecule has 15 heteroatoms. The molecule has 5 heterocycles. The van der Waals surface area contributed by atoms with Gasteiger partial charge in [-0.2, -0.15) is 17.5 Å². The van der Waals surface area contributed by atoms with Gasteiger partial charge >= 0.3 is 12.1 Å². The van der Waals surface area contributed by atoms with Gasteiger partial charge in [0.25, 0.3) is 0 Å². The average molecular weight is 644 g/mol. The normalized spacial score (nSPS) is 19.6. The number of carbonyl (C=O) groups is 1. The van der Waals surface area contributed by atoms with Gasteiger partial charge in [0.05, 0.1) is 12.5 Å². The predicted octanol–water partition coefficient (Wildman–Crippen LogP) is 3.69. The van der Waals surface area contributed by atoms with Crippen molar-refractivity contribution in [1.29, 1.82) is 0 Å². The van der Waals surface area contributed by atoms with Crippen molar-refractivity contribution in [2.75, 3.05) is 38.1 Å². The highest BCUT2D eigenvalue weighted by Gasteiger charge is 2.40. The highest BCUT2D eigenvalue weighted by atomic mass is 32.2. The molecule has 0 spiro atoms. The summed E-state index contributed by atoms with van der Waals surface area (Å²) in [6, 6.07) is 9.90. The number of benzene rings is 1. The first kappa shape index (κ1) is 30.9. The lowest BCUT2D eigenvalue weighted by molar-refractivity contribution is -0.145. The average Bonchev–Trinajstić information content (AvgIpc) is 3.40. The predicted molar refractivity (Wildman–Crippen MR) is 158 cm³/mol. The fraction of sp³-hybridized carbons (Fsp3) is 0.400. The van der Waals surface area contributed by atoms with Crippen molar-refractivity contribution in [3.63, 3.8) is 0 Å². The maximum Gasteiger partial charge on any atom is 0.452 e. The van der Waals surface area contributed by atoms with Crippen LogP contribution in [0.4, 0.5) is 19.0 Å². The van der Waals surface area contributed by atoms with E-state index in [0.29, 0.717) is 41.2 Å². The molecule has 238 valence electrons. The molecule has 0 aliphatic carbocycles. The first-order valence-electron chi connectivity index (χ1n) is 14.4. The van der Waals surface area contributed by atoms with E-state index in [-0.39, 0.29) is 36.1 Å². The summed E-state index contributed by atoms with van der Waals surface area (Å²) in [4.78, 5) is 20.9. The number of aliphatic carboxylic acids is 1. The van der Waals surface area contributed by atoms with Crippen LogP contribution < -0.4 is 4.90 Å². The molecule has 2 atom stereocenters. The molecule has 1 aromatic carbocycles. The molecular formula is C30H32F3N7O4S. The molecule has 45 heavy (non-hydrogen) atoms. The third-order valence-corrected chi connectivity index (χ3v) is 10.6. The molecule has 2 aliphatic heterocycles. The van der Waals surface area contributed by atoms with Crippen LogP contribution >= 0.6 is 0 Å². The molecule has 3 aromatic heterocycles. The van der Waals surface area contributed by atoms with E-state index in [2.05, 4.69) is 25.0 Å². The van der Waals surface area contributed by atoms with Crippen molar-refractivity contribution in [1.82, 2.24) is 28.8 Å². The number of piperazine rings is 1. The topological polar surface area (TPSA) is 124 Å². The second kappa shape index (κ2) is 11.4. The fourth-order valence-corrected chi connectivity index (χ4v) is 7.99. The number of aromatic nitrogens is 4. The zero-order valence-corrected chi connectivity index (χ0v) is 25.7. The summed E-state index contributed by atoms with van der Waals surface area (Å²) in [5, 5.41) is 16.9. The Labute approximate surface area is 258 Å². The van der Waals surface area contributed by atoms with Gasteiger partial charge in [0.1, 0.15) is 10.7 Å². The lowest BCUT2D eigenvalue weighted by atomic mass is 9.85. The fourth-order valence-electron chi connectivity index (χ4n) is 6.39. The Balaban J connectivity index is 1.40. The third kappa shape index (κ3) is 5.64. The van der Waals surface area contributed by atoms with E-state index in [0.717, 1.165) is 16.5 Å². The zero-order chi connectivity index (χ0) is 32.3. The molecule has 0 amide bonds. The van der Waals surface area contributed by atoms with E-state index >= 15 is 0 Å². The monoisotopic (exact) mass is 643 g/mol. The lowest BCUT2D eigenvalue weighted by Crippen LogP contribution is -2.55. The van der Waals surface area contributed by atoms with E-state index in [9.17, 15) is 31.5 Å². The number of nitrogens with zero attached hydrogens (tertiary/aromatic N) is 7. The van der Waals surface area contributed by atoms with Crippen molar-refractivity contribution in [3.05, 3.63) is 82.4 Å². The number of halogens is 3. The molecule has 1 N–H and O–H groups in total. The van der Waals surface area contributed by atoms with E-state index in [1.54, 1.807) is 37.4 Å². The van der Waals surface area contributed by atoms with Crippen LogP contribution in [0.5, 0.6) is 0 Å². The SMILES string of the molecule is Cc1ccc([C@H](CC(=O)O)c2ccn3c(C(F)(F)F)nnc3c2C)cc1CN1C[C@@H]2CN(C)CCN2c2ncccc2S1(=O)=O. The van der Waals surface area contributed by atoms with Crippen LogP contribution in [-0.2, 0) is 27.5 Å². The van der Waals surface area contributed by atoms with Gasteiger partial charge in [0.15, 0.2) is 5.65 Å². The molecule has 6 rings (SSSR count). The van der Waals surface area contributed by atoms with Crippen molar-refractivity contribution >= 4 is 27.5 Å². The number of carboxylic acid groups (broad SMARTS) is 1. The number of hydrogen-bond acceptors (Lipinski definition) is 8. The summed E-state index contributed by atoms with van der Waals surface area (Å²) in [5.41, 5.74) is 2.94. The minimum atomic E-state index is -4.71. The Bertz CT molecular complexity index is 1900. The number of anilines is 1. The van der Waals surface area contributed by atoms with Gasteiger partial charge in [0.2, 0.25) is 15.8 Å². The van der Waals surface area contributed by atoms with Gasteiger partial charge in [-0.3, -0.25) is 9.20 Å². The minimum Gasteiger partial charge on any atom is -0.481 e. The summed E-state index contributed by atoms with van der Waals surface area (Å²) < 4.78 is 70.8. The minimum absolute atomic E-state index is 0.0208. The van der Waals surface area contributed by atoms with Crippen LogP contribution in [0.1, 0.15) is 46.0 Å². The molecule has 0 unspecified atom stereocenters. The number of sulfonamides is 1. The van der Waals surface area contributed by atoms with Gasteiger partial charge in [-0.1, -0.05) is 18.2 Å². The van der Waals surface area contributed by atoms with Crippen molar-refractivity contribution in [3.8, 4) is 0 Å². The number of rotatable bonds is 6. The van der Waals surface area contributed by atoms with Gasteiger partial charge in [0, 0.05) is 51.0 Å². The number of aryl methyl sites for hydroxylation is 2. The van der Waals surface area contributed by atoms with Crippen LogP contribution in [-0.4, -0.2) is 87.5 Å². The summed E-state index contributed by atoms with van der Waals surface area (Å²) >= 11 is 0. The number of fused-ring (bicyclic) bond motifs is 4. The van der Waals surface area contributed by atoms with Crippen molar-refractivity contribution in [2.45, 2.75) is 49.8 Å². The van der Waals surface area contributed by atoms with E-state index in [1.165, 1.54) is 16.6 Å². The van der Waals surface area contributed by atoms with Crippen LogP contribution in [0.2, 0.25) is 0 Å². The van der Waals surface area contributed by atoms with Gasteiger partial charge in [-0.25, -0.2) is 13.4 Å². The van der Waals surface area contributed by atoms with Crippen LogP contribution in [0.15, 0.2) is 53.7 Å². The number of carboxylic acids is 1. The first-order valence-corrected chi connectivity index (χ1v) is 15.8. The summed E-state index contributed by atoms with van der Waals surface area (Å²) in [6.45, 7) is 5.79. The quantitative estimate of drug-likeness (QED) is 0.335. The largest absolute Gasteiger partial charge is 0.481 e. The standard InChI is InChI=1S/C30H32F3N7O4S/c1-18-6-7-20(24(14-26(41)42)23-8-10-40-27(19(23)2)35-36-29(40)30(31,32)33)13-21(18)15-38-17-22-16-37(3)11-12-39(22)28-25(45(38,43)44)5-4-9-34-28/h4-10,13,22,24H,11-12,14-17H2,1-3H3,(H,41,42)/t22-,24-/m0/s1. The summed E-state index contributed by atoms with van der Waals surface area (Å²) in [6.07, 6.45) is -2.26. The maximum atomic E-state index is 14.1. The highest BCUT2D eigenvalue weighted by Crippen LogP contribution is 2.37. The van der Waals surface area contributed by atoms with Crippen LogP contribution in [0, 0.1) is 13.8 Å². The Morgan fingerprint density at radius 2 is 1.89 bits per heavy atom. The molecule has 1 fully saturated rings. The number of hydrogen-bond donors (Lipinski definition) is 1. The molecular weight excluding hydrogens is 611 g/mol. The molecule has 4 aromatic rings. The molecule has 0 radical (unpaired) electrons. The maximum absolute atomic E-state index is 14.1.